The van der Waals surface area contributed by atoms with Crippen molar-refractivity contribution in [1.29, 1.82) is 0 Å². The molecule has 4 nitrogen and oxygen atoms in total. The predicted molar refractivity (Wildman–Crippen MR) is 102 cm³/mol. The monoisotopic (exact) mass is 390 g/mol. The Bertz CT molecular complexity index is 1030. The summed E-state index contributed by atoms with van der Waals surface area (Å²) in [5.41, 5.74) is -0.556. The zero-order valence-corrected chi connectivity index (χ0v) is 15.7. The van der Waals surface area contributed by atoms with Crippen LogP contribution >= 0.6 is 11.6 Å². The SMILES string of the molecule is CC(C)(C)OC(=O)Nc1ccnc(-c2cccc3ccc(F)c(Cl)c23)c1F. The number of hydrogen-bond donors (Lipinski definition) is 1. The maximum absolute atomic E-state index is 15.0. The number of benzene rings is 2. The second-order valence-electron chi connectivity index (χ2n) is 6.91. The van der Waals surface area contributed by atoms with Crippen LogP contribution < -0.4 is 5.32 Å². The van der Waals surface area contributed by atoms with Crippen LogP contribution in [0.15, 0.2) is 42.6 Å². The van der Waals surface area contributed by atoms with Gasteiger partial charge in [-0.05, 0) is 38.3 Å². The third kappa shape index (κ3) is 4.01. The van der Waals surface area contributed by atoms with Crippen molar-refractivity contribution in [3.63, 3.8) is 0 Å². The molecule has 7 heteroatoms. The minimum absolute atomic E-state index is 0.0540. The second-order valence-corrected chi connectivity index (χ2v) is 7.29. The van der Waals surface area contributed by atoms with E-state index < -0.39 is 23.3 Å². The normalized spacial score (nSPS) is 11.5. The number of anilines is 1. The highest BCUT2D eigenvalue weighted by atomic mass is 35.5. The van der Waals surface area contributed by atoms with E-state index >= 15 is 4.39 Å². The number of hydrogen-bond acceptors (Lipinski definition) is 3. The molecule has 0 spiro atoms. The van der Waals surface area contributed by atoms with Crippen LogP contribution in [0.2, 0.25) is 5.02 Å². The van der Waals surface area contributed by atoms with Gasteiger partial charge in [0, 0.05) is 17.1 Å². The Morgan fingerprint density at radius 3 is 2.59 bits per heavy atom. The van der Waals surface area contributed by atoms with Gasteiger partial charge < -0.3 is 4.74 Å². The van der Waals surface area contributed by atoms with E-state index in [9.17, 15) is 9.18 Å². The molecule has 3 aromatic rings. The van der Waals surface area contributed by atoms with E-state index in [0.29, 0.717) is 16.3 Å². The summed E-state index contributed by atoms with van der Waals surface area (Å²) >= 11 is 6.12. The van der Waals surface area contributed by atoms with E-state index in [0.717, 1.165) is 0 Å². The van der Waals surface area contributed by atoms with Gasteiger partial charge in [0.1, 0.15) is 17.1 Å². The van der Waals surface area contributed by atoms with E-state index in [2.05, 4.69) is 10.3 Å². The number of nitrogens with zero attached hydrogens (tertiary/aromatic N) is 1. The first-order valence-corrected chi connectivity index (χ1v) is 8.57. The predicted octanol–water partition coefficient (Wildman–Crippen LogP) is 6.18. The molecule has 0 aliphatic carbocycles. The molecular formula is C20H17ClF2N2O2. The van der Waals surface area contributed by atoms with Crippen molar-refractivity contribution >= 4 is 34.2 Å². The van der Waals surface area contributed by atoms with Crippen LogP contribution in [0.25, 0.3) is 22.0 Å². The Morgan fingerprint density at radius 1 is 1.15 bits per heavy atom. The van der Waals surface area contributed by atoms with Crippen LogP contribution in [0, 0.1) is 11.6 Å². The van der Waals surface area contributed by atoms with Gasteiger partial charge in [0.15, 0.2) is 5.82 Å². The first-order valence-electron chi connectivity index (χ1n) is 8.19. The van der Waals surface area contributed by atoms with Crippen LogP contribution in [-0.4, -0.2) is 16.7 Å². The minimum atomic E-state index is -0.791. The topological polar surface area (TPSA) is 51.2 Å². The third-order valence-corrected chi connectivity index (χ3v) is 4.08. The van der Waals surface area contributed by atoms with Gasteiger partial charge in [-0.2, -0.15) is 0 Å². The molecule has 1 amide bonds. The van der Waals surface area contributed by atoms with Gasteiger partial charge in [-0.25, -0.2) is 13.6 Å². The zero-order chi connectivity index (χ0) is 19.8. The zero-order valence-electron chi connectivity index (χ0n) is 14.9. The van der Waals surface area contributed by atoms with Crippen LogP contribution in [0.1, 0.15) is 20.8 Å². The van der Waals surface area contributed by atoms with Crippen molar-refractivity contribution in [2.24, 2.45) is 0 Å². The molecule has 0 unspecified atom stereocenters. The molecule has 0 atom stereocenters. The minimum Gasteiger partial charge on any atom is -0.444 e. The Kier molecular flexibility index (Phi) is 5.02. The molecule has 0 aliphatic rings. The number of ether oxygens (including phenoxy) is 1. The summed E-state index contributed by atoms with van der Waals surface area (Å²) in [4.78, 5) is 16.0. The molecule has 0 bridgehead atoms. The first kappa shape index (κ1) is 19.0. The third-order valence-electron chi connectivity index (χ3n) is 3.72. The Morgan fingerprint density at radius 2 is 1.89 bits per heavy atom. The van der Waals surface area contributed by atoms with Crippen LogP contribution in [0.4, 0.5) is 19.3 Å². The molecule has 140 valence electrons. The van der Waals surface area contributed by atoms with E-state index in [1.165, 1.54) is 18.3 Å². The standard InChI is InChI=1S/C20H17ClF2N2O2/c1-20(2,3)27-19(26)25-14-9-10-24-18(17(14)23)12-6-4-5-11-7-8-13(22)16(21)15(11)12/h4-10H,1-3H3,(H,24,25,26). The van der Waals surface area contributed by atoms with Gasteiger partial charge in [-0.1, -0.05) is 35.9 Å². The van der Waals surface area contributed by atoms with Gasteiger partial charge in [-0.3, -0.25) is 10.3 Å². The van der Waals surface area contributed by atoms with E-state index in [-0.39, 0.29) is 16.4 Å². The molecule has 1 aromatic heterocycles. The number of rotatable bonds is 2. The summed E-state index contributed by atoms with van der Waals surface area (Å²) in [6.07, 6.45) is 0.553. The summed E-state index contributed by atoms with van der Waals surface area (Å²) in [5.74, 6) is -1.38. The van der Waals surface area contributed by atoms with Crippen molar-refractivity contribution in [1.82, 2.24) is 4.98 Å². The molecule has 1 N–H and O–H groups in total. The number of aromatic nitrogens is 1. The molecule has 0 fully saturated rings. The average molecular weight is 391 g/mol. The van der Waals surface area contributed by atoms with Gasteiger partial charge in [0.2, 0.25) is 0 Å². The second kappa shape index (κ2) is 7.12. The quantitative estimate of drug-likeness (QED) is 0.568. The number of pyridine rings is 1. The van der Waals surface area contributed by atoms with E-state index in [4.69, 9.17) is 16.3 Å². The van der Waals surface area contributed by atoms with Gasteiger partial charge in [0.05, 0.1) is 10.7 Å². The van der Waals surface area contributed by atoms with Crippen LogP contribution in [0.3, 0.4) is 0 Å². The maximum atomic E-state index is 15.0. The molecule has 0 aliphatic heterocycles. The number of fused-ring (bicyclic) bond motifs is 1. The number of carbonyl (C=O) groups excluding carboxylic acids is 1. The summed E-state index contributed by atoms with van der Waals surface area (Å²) in [7, 11) is 0. The Labute approximate surface area is 160 Å². The summed E-state index contributed by atoms with van der Waals surface area (Å²) in [6.45, 7) is 5.11. The van der Waals surface area contributed by atoms with Crippen molar-refractivity contribution in [2.75, 3.05) is 5.32 Å². The molecule has 2 aromatic carbocycles. The number of amides is 1. The van der Waals surface area contributed by atoms with Crippen molar-refractivity contribution in [2.45, 2.75) is 26.4 Å². The molecule has 0 saturated heterocycles. The van der Waals surface area contributed by atoms with Gasteiger partial charge in [0.25, 0.3) is 0 Å². The van der Waals surface area contributed by atoms with E-state index in [1.807, 2.05) is 0 Å². The summed E-state index contributed by atoms with van der Waals surface area (Å²) in [6, 6.07) is 9.15. The molecule has 0 radical (unpaired) electrons. The average Bonchev–Trinajstić information content (AvgIpc) is 2.58. The van der Waals surface area contributed by atoms with Crippen molar-refractivity contribution in [3.05, 3.63) is 59.3 Å². The summed E-state index contributed by atoms with van der Waals surface area (Å²) < 4.78 is 34.1. The maximum Gasteiger partial charge on any atom is 0.412 e. The number of carbonyl (C=O) groups is 1. The fraction of sp³-hybridized carbons (Fsp3) is 0.200. The Balaban J connectivity index is 2.08. The first-order chi connectivity index (χ1) is 12.7. The highest BCUT2D eigenvalue weighted by Crippen LogP contribution is 2.36. The fourth-order valence-electron chi connectivity index (χ4n) is 2.65. The lowest BCUT2D eigenvalue weighted by Gasteiger charge is -2.20. The molecule has 0 saturated carbocycles. The smallest absolute Gasteiger partial charge is 0.412 e. The highest BCUT2D eigenvalue weighted by Gasteiger charge is 2.20. The highest BCUT2D eigenvalue weighted by molar-refractivity contribution is 6.36. The van der Waals surface area contributed by atoms with Crippen LogP contribution in [0.5, 0.6) is 0 Å². The van der Waals surface area contributed by atoms with E-state index in [1.54, 1.807) is 45.0 Å². The lowest BCUT2D eigenvalue weighted by molar-refractivity contribution is 0.0635. The summed E-state index contributed by atoms with van der Waals surface area (Å²) in [5, 5.41) is 3.24. The lowest BCUT2D eigenvalue weighted by atomic mass is 10.0. The van der Waals surface area contributed by atoms with Crippen LogP contribution in [-0.2, 0) is 4.74 Å². The number of halogens is 3. The van der Waals surface area contributed by atoms with Gasteiger partial charge >= 0.3 is 6.09 Å². The fourth-order valence-corrected chi connectivity index (χ4v) is 2.92. The molecule has 1 heterocycles. The largest absolute Gasteiger partial charge is 0.444 e. The Hall–Kier alpha value is -2.73. The number of nitrogens with one attached hydrogen (secondary N) is 1. The van der Waals surface area contributed by atoms with Crippen molar-refractivity contribution < 1.29 is 18.3 Å². The van der Waals surface area contributed by atoms with Crippen molar-refractivity contribution in [3.8, 4) is 11.3 Å². The molecule has 27 heavy (non-hydrogen) atoms. The van der Waals surface area contributed by atoms with Gasteiger partial charge in [-0.15, -0.1) is 0 Å². The molecule has 3 rings (SSSR count). The lowest BCUT2D eigenvalue weighted by Crippen LogP contribution is -2.27. The molecular weight excluding hydrogens is 374 g/mol.